The molecule has 2 aromatic rings. The van der Waals surface area contributed by atoms with Crippen LogP contribution in [0.3, 0.4) is 0 Å². The Labute approximate surface area is 130 Å². The molecule has 0 aliphatic heterocycles. The minimum atomic E-state index is -0.628. The van der Waals surface area contributed by atoms with Gasteiger partial charge in [-0.05, 0) is 42.8 Å². The van der Waals surface area contributed by atoms with Gasteiger partial charge in [0.2, 0.25) is 0 Å². The van der Waals surface area contributed by atoms with Crippen LogP contribution in [0.2, 0.25) is 0 Å². The highest BCUT2D eigenvalue weighted by atomic mass is 79.9. The highest BCUT2D eigenvalue weighted by Crippen LogP contribution is 2.25. The smallest absolute Gasteiger partial charge is 0.130 e. The van der Waals surface area contributed by atoms with Gasteiger partial charge in [-0.15, -0.1) is 0 Å². The second-order valence-electron chi connectivity index (χ2n) is 4.72. The van der Waals surface area contributed by atoms with Gasteiger partial charge in [0.05, 0.1) is 0 Å². The van der Waals surface area contributed by atoms with Crippen LogP contribution in [0.15, 0.2) is 40.9 Å². The number of likely N-dealkylation sites (N-methyl/N-ethyl adjacent to an activating group) is 1. The summed E-state index contributed by atoms with van der Waals surface area (Å²) in [5, 5.41) is 3.11. The predicted molar refractivity (Wildman–Crippen MR) is 80.6 cm³/mol. The van der Waals surface area contributed by atoms with Gasteiger partial charge in [-0.3, -0.25) is 0 Å². The van der Waals surface area contributed by atoms with Crippen molar-refractivity contribution in [3.63, 3.8) is 0 Å². The molecule has 0 amide bonds. The van der Waals surface area contributed by atoms with Gasteiger partial charge >= 0.3 is 0 Å². The third kappa shape index (κ3) is 4.08. The lowest BCUT2D eigenvalue weighted by molar-refractivity contribution is 0.492. The molecule has 0 spiro atoms. The maximum absolute atomic E-state index is 13.9. The number of halogens is 4. The van der Waals surface area contributed by atoms with E-state index in [2.05, 4.69) is 21.2 Å². The van der Waals surface area contributed by atoms with Crippen LogP contribution < -0.4 is 5.32 Å². The first-order valence-corrected chi connectivity index (χ1v) is 7.42. The van der Waals surface area contributed by atoms with Gasteiger partial charge in [-0.2, -0.15) is 0 Å². The first kappa shape index (κ1) is 16.0. The molecule has 1 atom stereocenters. The Hall–Kier alpha value is -1.33. The van der Waals surface area contributed by atoms with E-state index in [0.29, 0.717) is 17.7 Å². The van der Waals surface area contributed by atoms with Gasteiger partial charge in [-0.25, -0.2) is 13.2 Å². The molecule has 1 unspecified atom stereocenters. The van der Waals surface area contributed by atoms with Crippen molar-refractivity contribution < 1.29 is 13.2 Å². The number of hydrogen-bond donors (Lipinski definition) is 1. The Balaban J connectivity index is 2.32. The molecule has 5 heteroatoms. The highest BCUT2D eigenvalue weighted by Gasteiger charge is 2.18. The summed E-state index contributed by atoms with van der Waals surface area (Å²) in [6.07, 6.45) is 0.279. The SMILES string of the molecule is CCNC(Cc1cc(Br)ccc1F)c1ccc(F)cc1F. The molecule has 0 aliphatic rings. The van der Waals surface area contributed by atoms with E-state index >= 15 is 0 Å². The quantitative estimate of drug-likeness (QED) is 0.813. The average Bonchev–Trinajstić information content (AvgIpc) is 2.42. The van der Waals surface area contributed by atoms with Crippen LogP contribution in [0.4, 0.5) is 13.2 Å². The zero-order chi connectivity index (χ0) is 15.4. The third-order valence-electron chi connectivity index (χ3n) is 3.22. The number of nitrogens with one attached hydrogen (secondary N) is 1. The van der Waals surface area contributed by atoms with Crippen LogP contribution in [0.25, 0.3) is 0 Å². The lowest BCUT2D eigenvalue weighted by Gasteiger charge is -2.19. The number of rotatable bonds is 5. The molecule has 2 rings (SSSR count). The fourth-order valence-electron chi connectivity index (χ4n) is 2.24. The van der Waals surface area contributed by atoms with Gasteiger partial charge in [-0.1, -0.05) is 28.9 Å². The van der Waals surface area contributed by atoms with Gasteiger partial charge in [0.25, 0.3) is 0 Å². The van der Waals surface area contributed by atoms with Crippen LogP contribution in [-0.2, 0) is 6.42 Å². The molecule has 0 fully saturated rings. The number of hydrogen-bond acceptors (Lipinski definition) is 1. The van der Waals surface area contributed by atoms with Crippen molar-refractivity contribution in [2.45, 2.75) is 19.4 Å². The molecule has 2 aromatic carbocycles. The molecule has 0 aromatic heterocycles. The summed E-state index contributed by atoms with van der Waals surface area (Å²) in [4.78, 5) is 0. The molecule has 1 nitrogen and oxygen atoms in total. The molecular formula is C16H15BrF3N. The van der Waals surface area contributed by atoms with Crippen LogP contribution in [0, 0.1) is 17.5 Å². The van der Waals surface area contributed by atoms with Gasteiger partial charge in [0.15, 0.2) is 0 Å². The molecular weight excluding hydrogens is 343 g/mol. The fourth-order valence-corrected chi connectivity index (χ4v) is 2.65. The van der Waals surface area contributed by atoms with E-state index in [1.54, 1.807) is 12.1 Å². The predicted octanol–water partition coefficient (Wildman–Crippen LogP) is 4.76. The second kappa shape index (κ2) is 7.09. The normalized spacial score (nSPS) is 12.4. The third-order valence-corrected chi connectivity index (χ3v) is 3.71. The first-order chi connectivity index (χ1) is 10.0. The zero-order valence-electron chi connectivity index (χ0n) is 11.5. The number of benzene rings is 2. The molecule has 21 heavy (non-hydrogen) atoms. The topological polar surface area (TPSA) is 12.0 Å². The Morgan fingerprint density at radius 3 is 2.48 bits per heavy atom. The molecule has 0 radical (unpaired) electrons. The van der Waals surface area contributed by atoms with E-state index in [-0.39, 0.29) is 12.2 Å². The minimum absolute atomic E-state index is 0.279. The summed E-state index contributed by atoms with van der Waals surface area (Å²) < 4.78 is 41.5. The highest BCUT2D eigenvalue weighted by molar-refractivity contribution is 9.10. The molecule has 0 saturated heterocycles. The van der Waals surface area contributed by atoms with Crippen molar-refractivity contribution in [3.05, 3.63) is 69.4 Å². The van der Waals surface area contributed by atoms with Gasteiger partial charge in [0, 0.05) is 22.1 Å². The van der Waals surface area contributed by atoms with E-state index in [0.717, 1.165) is 10.5 Å². The van der Waals surface area contributed by atoms with Crippen molar-refractivity contribution >= 4 is 15.9 Å². The monoisotopic (exact) mass is 357 g/mol. The molecule has 112 valence electrons. The zero-order valence-corrected chi connectivity index (χ0v) is 13.1. The average molecular weight is 358 g/mol. The molecule has 1 N–H and O–H groups in total. The maximum Gasteiger partial charge on any atom is 0.130 e. The lowest BCUT2D eigenvalue weighted by Crippen LogP contribution is -2.24. The fraction of sp³-hybridized carbons (Fsp3) is 0.250. The van der Waals surface area contributed by atoms with Crippen LogP contribution in [0.1, 0.15) is 24.1 Å². The van der Waals surface area contributed by atoms with E-state index < -0.39 is 17.7 Å². The van der Waals surface area contributed by atoms with E-state index in [1.807, 2.05) is 6.92 Å². The van der Waals surface area contributed by atoms with Crippen molar-refractivity contribution in [2.75, 3.05) is 6.54 Å². The van der Waals surface area contributed by atoms with Crippen molar-refractivity contribution in [3.8, 4) is 0 Å². The van der Waals surface area contributed by atoms with Gasteiger partial charge < -0.3 is 5.32 Å². The molecule has 0 bridgehead atoms. The van der Waals surface area contributed by atoms with Crippen LogP contribution in [0.5, 0.6) is 0 Å². The summed E-state index contributed by atoms with van der Waals surface area (Å²) in [5.74, 6) is -1.60. The summed E-state index contributed by atoms with van der Waals surface area (Å²) in [5.41, 5.74) is 0.802. The van der Waals surface area contributed by atoms with Crippen molar-refractivity contribution in [1.29, 1.82) is 0 Å². The second-order valence-corrected chi connectivity index (χ2v) is 5.63. The standard InChI is InChI=1S/C16H15BrF3N/c1-2-21-16(13-5-4-12(18)9-15(13)20)8-10-7-11(17)3-6-14(10)19/h3-7,9,16,21H,2,8H2,1H3. The minimum Gasteiger partial charge on any atom is -0.310 e. The maximum atomic E-state index is 13.9. The van der Waals surface area contributed by atoms with E-state index in [4.69, 9.17) is 0 Å². The largest absolute Gasteiger partial charge is 0.310 e. The van der Waals surface area contributed by atoms with Crippen molar-refractivity contribution in [2.24, 2.45) is 0 Å². The summed E-state index contributed by atoms with van der Waals surface area (Å²) in [6, 6.07) is 7.67. The summed E-state index contributed by atoms with van der Waals surface area (Å²) >= 11 is 3.29. The van der Waals surface area contributed by atoms with Gasteiger partial charge in [0.1, 0.15) is 17.5 Å². The van der Waals surface area contributed by atoms with Crippen LogP contribution >= 0.6 is 15.9 Å². The Morgan fingerprint density at radius 1 is 1.05 bits per heavy atom. The Morgan fingerprint density at radius 2 is 1.81 bits per heavy atom. The Kier molecular flexibility index (Phi) is 5.42. The van der Waals surface area contributed by atoms with E-state index in [1.165, 1.54) is 18.2 Å². The molecule has 0 heterocycles. The van der Waals surface area contributed by atoms with E-state index in [9.17, 15) is 13.2 Å². The van der Waals surface area contributed by atoms with Crippen molar-refractivity contribution in [1.82, 2.24) is 5.32 Å². The summed E-state index contributed by atoms with van der Waals surface area (Å²) in [7, 11) is 0. The molecule has 0 saturated carbocycles. The van der Waals surface area contributed by atoms with Crippen LogP contribution in [-0.4, -0.2) is 6.54 Å². The lowest BCUT2D eigenvalue weighted by atomic mass is 9.98. The molecule has 0 aliphatic carbocycles. The Bertz CT molecular complexity index is 631. The first-order valence-electron chi connectivity index (χ1n) is 6.63. The summed E-state index contributed by atoms with van der Waals surface area (Å²) in [6.45, 7) is 2.48.